The van der Waals surface area contributed by atoms with Crippen molar-refractivity contribution in [3.05, 3.63) is 11.6 Å². The maximum Gasteiger partial charge on any atom is 0.302 e. The van der Waals surface area contributed by atoms with Crippen LogP contribution in [0.3, 0.4) is 0 Å². The average molecular weight is 489 g/mol. The van der Waals surface area contributed by atoms with Gasteiger partial charge in [-0.05, 0) is 98.2 Å². The molecule has 0 spiro atoms. The van der Waals surface area contributed by atoms with Crippen LogP contribution in [0.25, 0.3) is 0 Å². The van der Waals surface area contributed by atoms with Crippen LogP contribution in [-0.2, 0) is 18.8 Å². The Hall–Kier alpha value is -0.943. The molecule has 4 rings (SSSR count). The van der Waals surface area contributed by atoms with E-state index in [2.05, 4.69) is 54.6 Å². The largest absolute Gasteiger partial charge is 0.462 e. The first kappa shape index (κ1) is 26.1. The standard InChI is InChI=1S/C29H48O4Si/c1-18(33-34(8,9)27(3,4)5)22-10-11-23-26-24(13-15-29(22,23)7)28(6)14-12-21(32-19(2)30)16-20(28)17-25(26)31/h17-18,21-24,26H,10-16H2,1-9H3/t18?,21?,22-,23+,24+,26+,28+,29-/m1/s1. The van der Waals surface area contributed by atoms with Crippen molar-refractivity contribution in [1.29, 1.82) is 0 Å². The van der Waals surface area contributed by atoms with E-state index in [1.54, 1.807) is 0 Å². The molecule has 0 aromatic rings. The maximum absolute atomic E-state index is 13.7. The van der Waals surface area contributed by atoms with Crippen LogP contribution in [0, 0.1) is 34.5 Å². The Labute approximate surface area is 208 Å². The number of hydrogen-bond donors (Lipinski definition) is 0. The van der Waals surface area contributed by atoms with Crippen molar-refractivity contribution in [2.45, 2.75) is 124 Å². The molecule has 34 heavy (non-hydrogen) atoms. The third kappa shape index (κ3) is 4.17. The van der Waals surface area contributed by atoms with Crippen molar-refractivity contribution in [1.82, 2.24) is 0 Å². The molecule has 0 aromatic heterocycles. The number of allylic oxidation sites excluding steroid dienone is 1. The number of hydrogen-bond acceptors (Lipinski definition) is 4. The fourth-order valence-electron chi connectivity index (χ4n) is 8.24. The number of ketones is 1. The third-order valence-electron chi connectivity index (χ3n) is 11.2. The molecule has 0 amide bonds. The van der Waals surface area contributed by atoms with Crippen LogP contribution in [0.5, 0.6) is 0 Å². The van der Waals surface area contributed by atoms with Crippen molar-refractivity contribution < 1.29 is 18.8 Å². The van der Waals surface area contributed by atoms with E-state index in [0.29, 0.717) is 23.5 Å². The molecule has 3 saturated carbocycles. The first-order chi connectivity index (χ1) is 15.6. The number of rotatable bonds is 4. The molecule has 0 heterocycles. The first-order valence-corrected chi connectivity index (χ1v) is 16.6. The quantitative estimate of drug-likeness (QED) is 0.313. The van der Waals surface area contributed by atoms with Crippen LogP contribution in [0.1, 0.15) is 93.4 Å². The molecule has 0 N–H and O–H groups in total. The summed E-state index contributed by atoms with van der Waals surface area (Å²) in [6.45, 7) is 20.3. The van der Waals surface area contributed by atoms with Crippen LogP contribution in [0.4, 0.5) is 0 Å². The van der Waals surface area contributed by atoms with Crippen molar-refractivity contribution in [2.75, 3.05) is 0 Å². The number of esters is 1. The second-order valence-corrected chi connectivity index (χ2v) is 18.8. The first-order valence-electron chi connectivity index (χ1n) is 13.7. The molecular weight excluding hydrogens is 440 g/mol. The van der Waals surface area contributed by atoms with E-state index in [0.717, 1.165) is 32.1 Å². The lowest BCUT2D eigenvalue weighted by atomic mass is 9.47. The summed E-state index contributed by atoms with van der Waals surface area (Å²) in [7, 11) is -1.84. The van der Waals surface area contributed by atoms with Gasteiger partial charge in [0.25, 0.3) is 0 Å². The van der Waals surface area contributed by atoms with Crippen molar-refractivity contribution in [3.8, 4) is 0 Å². The van der Waals surface area contributed by atoms with Gasteiger partial charge in [-0.15, -0.1) is 0 Å². The smallest absolute Gasteiger partial charge is 0.302 e. The number of carbonyl (C=O) groups is 2. The van der Waals surface area contributed by atoms with E-state index in [4.69, 9.17) is 9.16 Å². The van der Waals surface area contributed by atoms with Crippen LogP contribution in [0.2, 0.25) is 18.1 Å². The summed E-state index contributed by atoms with van der Waals surface area (Å²) in [4.78, 5) is 25.2. The maximum atomic E-state index is 13.7. The van der Waals surface area contributed by atoms with Gasteiger partial charge in [-0.3, -0.25) is 9.59 Å². The second-order valence-electron chi connectivity index (χ2n) is 14.0. The van der Waals surface area contributed by atoms with Gasteiger partial charge in [0.2, 0.25) is 0 Å². The summed E-state index contributed by atoms with van der Waals surface area (Å²) in [6, 6.07) is 0. The monoisotopic (exact) mass is 488 g/mol. The van der Waals surface area contributed by atoms with E-state index in [1.807, 2.05) is 6.08 Å². The van der Waals surface area contributed by atoms with E-state index in [9.17, 15) is 9.59 Å². The van der Waals surface area contributed by atoms with Gasteiger partial charge in [-0.2, -0.15) is 0 Å². The Morgan fingerprint density at radius 2 is 1.76 bits per heavy atom. The lowest BCUT2D eigenvalue weighted by Gasteiger charge is -2.57. The van der Waals surface area contributed by atoms with Crippen molar-refractivity contribution in [2.24, 2.45) is 34.5 Å². The zero-order chi connectivity index (χ0) is 25.3. The minimum absolute atomic E-state index is 0.0674. The van der Waals surface area contributed by atoms with Gasteiger partial charge in [-0.1, -0.05) is 40.2 Å². The van der Waals surface area contributed by atoms with Crippen LogP contribution in [0.15, 0.2) is 11.6 Å². The highest BCUT2D eigenvalue weighted by atomic mass is 28.4. The highest BCUT2D eigenvalue weighted by Gasteiger charge is 2.62. The fraction of sp³-hybridized carbons (Fsp3) is 0.862. The van der Waals surface area contributed by atoms with Gasteiger partial charge < -0.3 is 9.16 Å². The highest BCUT2D eigenvalue weighted by molar-refractivity contribution is 6.74. The summed E-state index contributed by atoms with van der Waals surface area (Å²) in [6.07, 6.45) is 9.45. The average Bonchev–Trinajstić information content (AvgIpc) is 3.05. The van der Waals surface area contributed by atoms with Gasteiger partial charge in [0, 0.05) is 25.4 Å². The number of fused-ring (bicyclic) bond motifs is 5. The fourth-order valence-corrected chi connectivity index (χ4v) is 9.69. The predicted octanol–water partition coefficient (Wildman–Crippen LogP) is 7.09. The molecule has 0 radical (unpaired) electrons. The Morgan fingerprint density at radius 1 is 1.09 bits per heavy atom. The Morgan fingerprint density at radius 3 is 2.38 bits per heavy atom. The molecule has 0 aromatic carbocycles. The Kier molecular flexibility index (Phi) is 6.59. The number of ether oxygens (including phenoxy) is 1. The summed E-state index contributed by atoms with van der Waals surface area (Å²) >= 11 is 0. The van der Waals surface area contributed by atoms with Gasteiger partial charge in [0.1, 0.15) is 6.10 Å². The van der Waals surface area contributed by atoms with E-state index in [-0.39, 0.29) is 40.0 Å². The van der Waals surface area contributed by atoms with Gasteiger partial charge in [-0.25, -0.2) is 0 Å². The lowest BCUT2D eigenvalue weighted by Crippen LogP contribution is -2.55. The molecule has 192 valence electrons. The summed E-state index contributed by atoms with van der Waals surface area (Å²) in [5, 5.41) is 0.206. The molecule has 8 atom stereocenters. The van der Waals surface area contributed by atoms with Gasteiger partial charge >= 0.3 is 5.97 Å². The minimum atomic E-state index is -1.84. The van der Waals surface area contributed by atoms with Gasteiger partial charge in [0.15, 0.2) is 14.1 Å². The van der Waals surface area contributed by atoms with Crippen LogP contribution in [-0.4, -0.2) is 32.3 Å². The molecular formula is C29H48O4Si. The topological polar surface area (TPSA) is 52.6 Å². The minimum Gasteiger partial charge on any atom is -0.462 e. The molecule has 4 nitrogen and oxygen atoms in total. The van der Waals surface area contributed by atoms with Crippen LogP contribution < -0.4 is 0 Å². The molecule has 0 bridgehead atoms. The molecule has 2 unspecified atom stereocenters. The van der Waals surface area contributed by atoms with Crippen molar-refractivity contribution >= 4 is 20.1 Å². The second kappa shape index (κ2) is 8.57. The zero-order valence-electron chi connectivity index (χ0n) is 23.1. The summed E-state index contributed by atoms with van der Waals surface area (Å²) < 4.78 is 12.5. The van der Waals surface area contributed by atoms with E-state index in [1.165, 1.54) is 25.3 Å². The summed E-state index contributed by atoms with van der Waals surface area (Å²) in [5.74, 6) is 1.67. The zero-order valence-corrected chi connectivity index (χ0v) is 24.1. The molecule has 5 heteroatoms. The van der Waals surface area contributed by atoms with E-state index >= 15 is 0 Å². The molecule has 4 aliphatic carbocycles. The Bertz CT molecular complexity index is 870. The molecule has 0 saturated heterocycles. The normalized spacial score (nSPS) is 41.1. The SMILES string of the molecule is CC(=O)OC1CC[C@@]2(C)C(=CC(=O)[C@H]3[C@@H]4CC[C@H](C(C)O[Si](C)(C)C(C)(C)C)[C@@]4(C)CC[C@@H]32)C1. The predicted molar refractivity (Wildman–Crippen MR) is 139 cm³/mol. The summed E-state index contributed by atoms with van der Waals surface area (Å²) in [5.41, 5.74) is 1.48. The van der Waals surface area contributed by atoms with E-state index < -0.39 is 8.32 Å². The van der Waals surface area contributed by atoms with Crippen molar-refractivity contribution in [3.63, 3.8) is 0 Å². The highest BCUT2D eigenvalue weighted by Crippen LogP contribution is 2.66. The third-order valence-corrected chi connectivity index (χ3v) is 15.7. The Balaban J connectivity index is 1.57. The number of carbonyl (C=O) groups excluding carboxylic acids is 2. The molecule has 3 fully saturated rings. The lowest BCUT2D eigenvalue weighted by molar-refractivity contribution is -0.149. The molecule has 0 aliphatic heterocycles. The van der Waals surface area contributed by atoms with Gasteiger partial charge in [0.05, 0.1) is 0 Å². The molecule has 4 aliphatic rings. The van der Waals surface area contributed by atoms with Crippen LogP contribution >= 0.6 is 0 Å².